The van der Waals surface area contributed by atoms with Gasteiger partial charge in [-0.1, -0.05) is 24.5 Å². The van der Waals surface area contributed by atoms with Crippen molar-refractivity contribution in [2.75, 3.05) is 0 Å². The van der Waals surface area contributed by atoms with Crippen LogP contribution in [0.25, 0.3) is 5.69 Å². The second kappa shape index (κ2) is 4.49. The Morgan fingerprint density at radius 2 is 1.83 bits per heavy atom. The van der Waals surface area contributed by atoms with Crippen LogP contribution in [0.5, 0.6) is 0 Å². The van der Waals surface area contributed by atoms with E-state index in [2.05, 4.69) is 15.3 Å². The summed E-state index contributed by atoms with van der Waals surface area (Å²) in [5.74, 6) is 0. The molecule has 0 aromatic carbocycles. The van der Waals surface area contributed by atoms with Gasteiger partial charge in [0.1, 0.15) is 11.3 Å². The first-order valence-corrected chi connectivity index (χ1v) is 6.34. The molecule has 1 fully saturated rings. The topological polar surface area (TPSA) is 63.8 Å². The number of hydrogen-bond donors (Lipinski definition) is 1. The van der Waals surface area contributed by atoms with Gasteiger partial charge in [0.15, 0.2) is 0 Å². The Labute approximate surface area is 105 Å². The van der Waals surface area contributed by atoms with Crippen LogP contribution in [0.1, 0.15) is 37.8 Å². The molecule has 5 heteroatoms. The van der Waals surface area contributed by atoms with Gasteiger partial charge < -0.3 is 5.11 Å². The molecular weight excluding hydrogens is 228 g/mol. The molecule has 2 heterocycles. The normalized spacial score (nSPS) is 18.7. The van der Waals surface area contributed by atoms with Crippen LogP contribution in [-0.4, -0.2) is 25.1 Å². The summed E-state index contributed by atoms with van der Waals surface area (Å²) in [6.45, 7) is 0. The summed E-state index contributed by atoms with van der Waals surface area (Å²) in [5, 5.41) is 18.8. The number of rotatable bonds is 2. The molecule has 94 valence electrons. The summed E-state index contributed by atoms with van der Waals surface area (Å²) >= 11 is 0. The molecule has 0 unspecified atom stereocenters. The minimum Gasteiger partial charge on any atom is -0.383 e. The average molecular weight is 244 g/mol. The minimum absolute atomic E-state index is 0.680. The van der Waals surface area contributed by atoms with E-state index in [1.54, 1.807) is 17.1 Å². The largest absolute Gasteiger partial charge is 0.383 e. The highest BCUT2D eigenvalue weighted by molar-refractivity contribution is 5.28. The van der Waals surface area contributed by atoms with E-state index in [1.165, 1.54) is 6.42 Å². The van der Waals surface area contributed by atoms with E-state index in [0.717, 1.165) is 31.4 Å². The molecule has 0 amide bonds. The SMILES string of the molecule is OC1(c2cn(-c3ccncc3)nn2)CCCCC1. The van der Waals surface area contributed by atoms with Crippen molar-refractivity contribution in [2.45, 2.75) is 37.7 Å². The van der Waals surface area contributed by atoms with Gasteiger partial charge in [-0.15, -0.1) is 5.10 Å². The fraction of sp³-hybridized carbons (Fsp3) is 0.462. The van der Waals surface area contributed by atoms with E-state index >= 15 is 0 Å². The molecule has 3 rings (SSSR count). The predicted octanol–water partition coefficient (Wildman–Crippen LogP) is 1.81. The number of aliphatic hydroxyl groups is 1. The zero-order valence-corrected chi connectivity index (χ0v) is 10.2. The van der Waals surface area contributed by atoms with Crippen molar-refractivity contribution in [1.82, 2.24) is 20.0 Å². The van der Waals surface area contributed by atoms with Gasteiger partial charge in [-0.05, 0) is 25.0 Å². The fourth-order valence-electron chi connectivity index (χ4n) is 2.49. The van der Waals surface area contributed by atoms with Crippen LogP contribution in [-0.2, 0) is 5.60 Å². The van der Waals surface area contributed by atoms with Crippen LogP contribution in [0.2, 0.25) is 0 Å². The molecule has 0 radical (unpaired) electrons. The highest BCUT2D eigenvalue weighted by atomic mass is 16.3. The van der Waals surface area contributed by atoms with Crippen LogP contribution in [0.3, 0.4) is 0 Å². The Morgan fingerprint density at radius 1 is 1.11 bits per heavy atom. The van der Waals surface area contributed by atoms with Crippen LogP contribution in [0, 0.1) is 0 Å². The Hall–Kier alpha value is -1.75. The van der Waals surface area contributed by atoms with E-state index < -0.39 is 5.60 Å². The van der Waals surface area contributed by atoms with E-state index in [0.29, 0.717) is 5.69 Å². The Balaban J connectivity index is 1.89. The van der Waals surface area contributed by atoms with Crippen molar-refractivity contribution in [3.05, 3.63) is 36.4 Å². The summed E-state index contributed by atoms with van der Waals surface area (Å²) in [5.41, 5.74) is 0.797. The van der Waals surface area contributed by atoms with Crippen LogP contribution in [0.4, 0.5) is 0 Å². The molecule has 0 bridgehead atoms. The van der Waals surface area contributed by atoms with Crippen LogP contribution >= 0.6 is 0 Å². The summed E-state index contributed by atoms with van der Waals surface area (Å²) in [6, 6.07) is 3.73. The highest BCUT2D eigenvalue weighted by Gasteiger charge is 2.34. The third-order valence-corrected chi connectivity index (χ3v) is 3.58. The smallest absolute Gasteiger partial charge is 0.115 e. The molecule has 0 aliphatic heterocycles. The zero-order valence-electron chi connectivity index (χ0n) is 10.2. The van der Waals surface area contributed by atoms with Gasteiger partial charge in [-0.25, -0.2) is 4.68 Å². The molecule has 18 heavy (non-hydrogen) atoms. The maximum absolute atomic E-state index is 10.6. The molecule has 1 saturated carbocycles. The van der Waals surface area contributed by atoms with Crippen molar-refractivity contribution in [3.8, 4) is 5.69 Å². The fourth-order valence-corrected chi connectivity index (χ4v) is 2.49. The summed E-state index contributed by atoms with van der Waals surface area (Å²) < 4.78 is 1.68. The molecule has 5 nitrogen and oxygen atoms in total. The molecular formula is C13H16N4O. The molecule has 0 spiro atoms. The Morgan fingerprint density at radius 3 is 2.56 bits per heavy atom. The van der Waals surface area contributed by atoms with Gasteiger partial charge in [0, 0.05) is 12.4 Å². The molecule has 1 aliphatic carbocycles. The standard InChI is InChI=1S/C13H16N4O/c18-13(6-2-1-3-7-13)12-10-17(16-15-12)11-4-8-14-9-5-11/h4-5,8-10,18H,1-3,6-7H2. The Kier molecular flexibility index (Phi) is 2.83. The van der Waals surface area contributed by atoms with Crippen LogP contribution in [0.15, 0.2) is 30.7 Å². The number of hydrogen-bond acceptors (Lipinski definition) is 4. The first kappa shape index (κ1) is 11.3. The Bertz CT molecular complexity index is 517. The van der Waals surface area contributed by atoms with E-state index in [9.17, 15) is 5.11 Å². The molecule has 2 aromatic heterocycles. The maximum atomic E-state index is 10.6. The second-order valence-electron chi connectivity index (χ2n) is 4.85. The van der Waals surface area contributed by atoms with Gasteiger partial charge >= 0.3 is 0 Å². The predicted molar refractivity (Wildman–Crippen MR) is 66.1 cm³/mol. The van der Waals surface area contributed by atoms with Crippen molar-refractivity contribution in [1.29, 1.82) is 0 Å². The summed E-state index contributed by atoms with van der Waals surface area (Å²) in [7, 11) is 0. The number of aromatic nitrogens is 4. The van der Waals surface area contributed by atoms with E-state index in [-0.39, 0.29) is 0 Å². The third kappa shape index (κ3) is 2.01. The lowest BCUT2D eigenvalue weighted by Crippen LogP contribution is -2.28. The van der Waals surface area contributed by atoms with Gasteiger partial charge in [0.25, 0.3) is 0 Å². The highest BCUT2D eigenvalue weighted by Crippen LogP contribution is 2.35. The van der Waals surface area contributed by atoms with Gasteiger partial charge in [-0.2, -0.15) is 0 Å². The monoisotopic (exact) mass is 244 g/mol. The third-order valence-electron chi connectivity index (χ3n) is 3.58. The van der Waals surface area contributed by atoms with Crippen molar-refractivity contribution in [3.63, 3.8) is 0 Å². The van der Waals surface area contributed by atoms with Crippen molar-refractivity contribution >= 4 is 0 Å². The van der Waals surface area contributed by atoms with Crippen molar-refractivity contribution in [2.24, 2.45) is 0 Å². The molecule has 1 aliphatic rings. The number of nitrogens with zero attached hydrogens (tertiary/aromatic N) is 4. The quantitative estimate of drug-likeness (QED) is 0.875. The molecule has 1 N–H and O–H groups in total. The second-order valence-corrected chi connectivity index (χ2v) is 4.85. The first-order chi connectivity index (χ1) is 8.78. The van der Waals surface area contributed by atoms with Gasteiger partial charge in [0.05, 0.1) is 11.9 Å². The van der Waals surface area contributed by atoms with Gasteiger partial charge in [-0.3, -0.25) is 4.98 Å². The lowest BCUT2D eigenvalue weighted by atomic mass is 9.83. The zero-order chi connectivity index (χ0) is 12.4. The maximum Gasteiger partial charge on any atom is 0.115 e. The van der Waals surface area contributed by atoms with E-state index in [1.807, 2.05) is 18.3 Å². The van der Waals surface area contributed by atoms with Gasteiger partial charge in [0.2, 0.25) is 0 Å². The molecule has 0 saturated heterocycles. The van der Waals surface area contributed by atoms with E-state index in [4.69, 9.17) is 0 Å². The summed E-state index contributed by atoms with van der Waals surface area (Å²) in [6.07, 6.45) is 10.1. The number of pyridine rings is 1. The first-order valence-electron chi connectivity index (χ1n) is 6.34. The lowest BCUT2D eigenvalue weighted by Gasteiger charge is -2.29. The summed E-state index contributed by atoms with van der Waals surface area (Å²) in [4.78, 5) is 3.97. The molecule has 2 aromatic rings. The lowest BCUT2D eigenvalue weighted by molar-refractivity contribution is -0.00472. The minimum atomic E-state index is -0.788. The molecule has 0 atom stereocenters. The average Bonchev–Trinajstić information content (AvgIpc) is 2.91. The van der Waals surface area contributed by atoms with Crippen LogP contribution < -0.4 is 0 Å². The van der Waals surface area contributed by atoms with Crippen molar-refractivity contribution < 1.29 is 5.11 Å².